The summed E-state index contributed by atoms with van der Waals surface area (Å²) >= 11 is 0. The summed E-state index contributed by atoms with van der Waals surface area (Å²) < 4.78 is 20.2. The van der Waals surface area contributed by atoms with Gasteiger partial charge in [0.15, 0.2) is 0 Å². The third kappa shape index (κ3) is 5.57. The Labute approximate surface area is 194 Å². The molecule has 3 aromatic rings. The third-order valence-electron chi connectivity index (χ3n) is 5.42. The smallest absolute Gasteiger partial charge is 0.140 e. The van der Waals surface area contributed by atoms with Crippen molar-refractivity contribution < 1.29 is 14.2 Å². The van der Waals surface area contributed by atoms with Gasteiger partial charge in [-0.15, -0.1) is 24.8 Å². The van der Waals surface area contributed by atoms with E-state index in [0.29, 0.717) is 17.0 Å². The van der Waals surface area contributed by atoms with E-state index < -0.39 is 0 Å². The number of aliphatic hydroxyl groups is 1. The summed E-state index contributed by atoms with van der Waals surface area (Å²) in [5.41, 5.74) is 1.76. The molecule has 1 aliphatic heterocycles. The highest BCUT2D eigenvalue weighted by Crippen LogP contribution is 2.33. The van der Waals surface area contributed by atoms with Crippen molar-refractivity contribution in [3.05, 3.63) is 54.3 Å². The molecule has 1 saturated heterocycles. The van der Waals surface area contributed by atoms with Crippen LogP contribution < -0.4 is 9.64 Å². The molecule has 4 rings (SSSR count). The number of hydrogen-bond donors (Lipinski definition) is 1. The topological polar surface area (TPSA) is 48.8 Å². The minimum absolute atomic E-state index is 0. The van der Waals surface area contributed by atoms with Crippen LogP contribution in [-0.4, -0.2) is 60.9 Å². The summed E-state index contributed by atoms with van der Waals surface area (Å²) in [6, 6.07) is 14.7. The van der Waals surface area contributed by atoms with Crippen LogP contribution in [0, 0.1) is 5.82 Å². The van der Waals surface area contributed by atoms with Gasteiger partial charge in [-0.1, -0.05) is 19.1 Å². The number of piperazine rings is 1. The van der Waals surface area contributed by atoms with Crippen molar-refractivity contribution in [3.8, 4) is 17.0 Å². The van der Waals surface area contributed by atoms with E-state index in [9.17, 15) is 4.39 Å². The molecular weight excluding hydrogens is 440 g/mol. The van der Waals surface area contributed by atoms with E-state index in [0.717, 1.165) is 49.4 Å². The summed E-state index contributed by atoms with van der Waals surface area (Å²) in [6.07, 6.45) is 0. The van der Waals surface area contributed by atoms with Gasteiger partial charge in [-0.25, -0.2) is 9.37 Å². The Hall–Kier alpha value is -2.12. The minimum Gasteiger partial charge on any atom is -0.491 e. The molecule has 1 aromatic heterocycles. The second kappa shape index (κ2) is 11.5. The molecule has 8 heteroatoms. The van der Waals surface area contributed by atoms with Crippen molar-refractivity contribution in [2.24, 2.45) is 0 Å². The fraction of sp³-hybridized carbons (Fsp3) is 0.348. The SMILES string of the molecule is CCN1CCN(c2nc(-c3ccc(OCCO)cc3)cc3cccc(F)c23)CC1.Cl.Cl. The van der Waals surface area contributed by atoms with Gasteiger partial charge in [0.2, 0.25) is 0 Å². The van der Waals surface area contributed by atoms with E-state index in [-0.39, 0.29) is 43.8 Å². The van der Waals surface area contributed by atoms with Crippen molar-refractivity contribution in [1.82, 2.24) is 9.88 Å². The van der Waals surface area contributed by atoms with Crippen LogP contribution in [0.1, 0.15) is 6.92 Å². The van der Waals surface area contributed by atoms with Crippen molar-refractivity contribution in [2.45, 2.75) is 6.92 Å². The van der Waals surface area contributed by atoms with Gasteiger partial charge in [-0.2, -0.15) is 0 Å². The highest BCUT2D eigenvalue weighted by atomic mass is 35.5. The molecule has 0 saturated carbocycles. The molecule has 0 radical (unpaired) electrons. The number of hydrogen-bond acceptors (Lipinski definition) is 5. The lowest BCUT2D eigenvalue weighted by Crippen LogP contribution is -2.46. The quantitative estimate of drug-likeness (QED) is 0.582. The molecule has 31 heavy (non-hydrogen) atoms. The van der Waals surface area contributed by atoms with Crippen LogP contribution in [-0.2, 0) is 0 Å². The summed E-state index contributed by atoms with van der Waals surface area (Å²) in [5, 5.41) is 10.3. The number of rotatable bonds is 6. The number of anilines is 1. The molecule has 1 fully saturated rings. The van der Waals surface area contributed by atoms with Gasteiger partial charge in [-0.3, -0.25) is 0 Å². The number of aliphatic hydroxyl groups excluding tert-OH is 1. The van der Waals surface area contributed by atoms with Gasteiger partial charge in [0.25, 0.3) is 0 Å². The second-order valence-electron chi connectivity index (χ2n) is 7.19. The fourth-order valence-electron chi connectivity index (χ4n) is 3.78. The number of aromatic nitrogens is 1. The van der Waals surface area contributed by atoms with Gasteiger partial charge in [0, 0.05) is 31.7 Å². The lowest BCUT2D eigenvalue weighted by atomic mass is 10.1. The van der Waals surface area contributed by atoms with Gasteiger partial charge in [0.05, 0.1) is 17.7 Å². The highest BCUT2D eigenvalue weighted by Gasteiger charge is 2.21. The van der Waals surface area contributed by atoms with E-state index >= 15 is 0 Å². The fourth-order valence-corrected chi connectivity index (χ4v) is 3.78. The number of pyridine rings is 1. The molecule has 1 N–H and O–H groups in total. The van der Waals surface area contributed by atoms with Crippen molar-refractivity contribution in [3.63, 3.8) is 0 Å². The van der Waals surface area contributed by atoms with Crippen LogP contribution in [0.15, 0.2) is 48.5 Å². The van der Waals surface area contributed by atoms with E-state index in [2.05, 4.69) is 16.7 Å². The summed E-state index contributed by atoms with van der Waals surface area (Å²) in [4.78, 5) is 9.47. The molecule has 0 amide bonds. The second-order valence-corrected chi connectivity index (χ2v) is 7.19. The first kappa shape index (κ1) is 25.1. The molecule has 2 aromatic carbocycles. The zero-order valence-corrected chi connectivity index (χ0v) is 19.1. The number of benzene rings is 2. The predicted octanol–water partition coefficient (Wildman–Crippen LogP) is 4.40. The monoisotopic (exact) mass is 467 g/mol. The van der Waals surface area contributed by atoms with Gasteiger partial charge >= 0.3 is 0 Å². The molecule has 168 valence electrons. The maximum Gasteiger partial charge on any atom is 0.140 e. The Kier molecular flexibility index (Phi) is 9.32. The maximum atomic E-state index is 14.7. The summed E-state index contributed by atoms with van der Waals surface area (Å²) in [7, 11) is 0. The molecule has 0 spiro atoms. The molecule has 1 aliphatic rings. The van der Waals surface area contributed by atoms with Crippen LogP contribution in [0.5, 0.6) is 5.75 Å². The molecule has 0 atom stereocenters. The number of fused-ring (bicyclic) bond motifs is 1. The van der Waals surface area contributed by atoms with Crippen LogP contribution in [0.4, 0.5) is 10.2 Å². The van der Waals surface area contributed by atoms with Gasteiger partial charge in [0.1, 0.15) is 24.0 Å². The zero-order valence-electron chi connectivity index (χ0n) is 17.5. The molecule has 2 heterocycles. The Morgan fingerprint density at radius 2 is 1.74 bits per heavy atom. The van der Waals surface area contributed by atoms with E-state index in [1.54, 1.807) is 6.07 Å². The normalized spacial score (nSPS) is 14.1. The Morgan fingerprint density at radius 3 is 2.39 bits per heavy atom. The van der Waals surface area contributed by atoms with Crippen LogP contribution in [0.25, 0.3) is 22.0 Å². The average molecular weight is 468 g/mol. The number of ether oxygens (including phenoxy) is 1. The van der Waals surface area contributed by atoms with E-state index in [4.69, 9.17) is 14.8 Å². The number of likely N-dealkylation sites (N-methyl/N-ethyl adjacent to an activating group) is 1. The highest BCUT2D eigenvalue weighted by molar-refractivity contribution is 5.95. The zero-order chi connectivity index (χ0) is 20.2. The Bertz CT molecular complexity index is 980. The van der Waals surface area contributed by atoms with Crippen molar-refractivity contribution in [2.75, 3.05) is 50.8 Å². The van der Waals surface area contributed by atoms with Crippen LogP contribution >= 0.6 is 24.8 Å². The third-order valence-corrected chi connectivity index (χ3v) is 5.42. The first-order valence-electron chi connectivity index (χ1n) is 10.1. The Morgan fingerprint density at radius 1 is 1.03 bits per heavy atom. The van der Waals surface area contributed by atoms with Crippen LogP contribution in [0.2, 0.25) is 0 Å². The molecular formula is C23H28Cl2FN3O2. The maximum absolute atomic E-state index is 14.7. The molecule has 0 unspecified atom stereocenters. The lowest BCUT2D eigenvalue weighted by molar-refractivity contribution is 0.201. The average Bonchev–Trinajstić information content (AvgIpc) is 2.77. The predicted molar refractivity (Wildman–Crippen MR) is 129 cm³/mol. The van der Waals surface area contributed by atoms with E-state index in [1.807, 2.05) is 36.4 Å². The molecule has 0 aliphatic carbocycles. The standard InChI is InChI=1S/C23H26FN3O2.2ClH/c1-2-26-10-12-27(13-11-26)23-22-18(4-3-5-20(22)24)16-21(25-23)17-6-8-19(9-7-17)29-15-14-28;;/h3-9,16,28H,2,10-15H2,1H3;2*1H. The summed E-state index contributed by atoms with van der Waals surface area (Å²) in [5.74, 6) is 1.18. The van der Waals surface area contributed by atoms with Crippen molar-refractivity contribution >= 4 is 41.4 Å². The largest absolute Gasteiger partial charge is 0.491 e. The number of halogens is 3. The minimum atomic E-state index is -0.234. The molecule has 5 nitrogen and oxygen atoms in total. The molecule has 0 bridgehead atoms. The number of nitrogens with zero attached hydrogens (tertiary/aromatic N) is 3. The van der Waals surface area contributed by atoms with Crippen molar-refractivity contribution in [1.29, 1.82) is 0 Å². The first-order valence-corrected chi connectivity index (χ1v) is 10.1. The first-order chi connectivity index (χ1) is 14.2. The van der Waals surface area contributed by atoms with E-state index in [1.165, 1.54) is 6.07 Å². The summed E-state index contributed by atoms with van der Waals surface area (Å²) in [6.45, 7) is 7.02. The lowest BCUT2D eigenvalue weighted by Gasteiger charge is -2.35. The van der Waals surface area contributed by atoms with Gasteiger partial charge < -0.3 is 19.6 Å². The van der Waals surface area contributed by atoms with Crippen LogP contribution in [0.3, 0.4) is 0 Å². The Balaban J connectivity index is 0.00000171. The van der Waals surface area contributed by atoms with Gasteiger partial charge in [-0.05, 0) is 48.3 Å².